The van der Waals surface area contributed by atoms with Gasteiger partial charge in [-0.3, -0.25) is 4.99 Å². The summed E-state index contributed by atoms with van der Waals surface area (Å²) in [5.74, 6) is 0.814. The van der Waals surface area contributed by atoms with E-state index in [2.05, 4.69) is 29.1 Å². The van der Waals surface area contributed by atoms with E-state index in [9.17, 15) is 5.11 Å². The van der Waals surface area contributed by atoms with E-state index < -0.39 is 6.23 Å². The Morgan fingerprint density at radius 2 is 2.29 bits per heavy atom. The molecule has 78 valence electrons. The molecule has 0 saturated heterocycles. The molecule has 0 radical (unpaired) electrons. The molecule has 14 heavy (non-hydrogen) atoms. The highest BCUT2D eigenvalue weighted by atomic mass is 16.3. The van der Waals surface area contributed by atoms with Crippen LogP contribution < -0.4 is 5.32 Å². The molecule has 4 nitrogen and oxygen atoms in total. The number of amidine groups is 1. The highest BCUT2D eigenvalue weighted by molar-refractivity contribution is 6.42. The van der Waals surface area contributed by atoms with Crippen LogP contribution in [0.5, 0.6) is 0 Å². The second-order valence-electron chi connectivity index (χ2n) is 3.97. The fourth-order valence-corrected chi connectivity index (χ4v) is 1.99. The number of fused-ring (bicyclic) bond motifs is 1. The lowest BCUT2D eigenvalue weighted by Crippen LogP contribution is -2.50. The molecule has 0 bridgehead atoms. The van der Waals surface area contributed by atoms with Crippen molar-refractivity contribution < 1.29 is 5.11 Å². The third kappa shape index (κ3) is 1.66. The van der Waals surface area contributed by atoms with Crippen LogP contribution in [0.2, 0.25) is 0 Å². The molecule has 3 atom stereocenters. The number of aliphatic imine (C=N–C) groups is 2. The summed E-state index contributed by atoms with van der Waals surface area (Å²) < 4.78 is 0. The van der Waals surface area contributed by atoms with Crippen molar-refractivity contribution >= 4 is 11.5 Å². The number of rotatable bonds is 1. The van der Waals surface area contributed by atoms with Gasteiger partial charge in [0.1, 0.15) is 12.1 Å². The summed E-state index contributed by atoms with van der Waals surface area (Å²) >= 11 is 0. The summed E-state index contributed by atoms with van der Waals surface area (Å²) in [4.78, 5) is 8.77. The van der Waals surface area contributed by atoms with Gasteiger partial charge in [0.05, 0.1) is 11.8 Å². The normalized spacial score (nSPS) is 36.6. The average Bonchev–Trinajstić information content (AvgIpc) is 2.17. The zero-order valence-electron chi connectivity index (χ0n) is 8.70. The van der Waals surface area contributed by atoms with Crippen LogP contribution in [-0.2, 0) is 0 Å². The SMILES string of the molecule is CC[C@@H]1NC2=N[C@@H](O)CCC2=N[C@H]1C. The van der Waals surface area contributed by atoms with E-state index in [1.807, 2.05) is 0 Å². The molecular formula is C10H17N3O. The molecule has 2 aliphatic rings. The maximum atomic E-state index is 9.39. The molecule has 0 aromatic carbocycles. The fourth-order valence-electron chi connectivity index (χ4n) is 1.99. The predicted molar refractivity (Wildman–Crippen MR) is 56.8 cm³/mol. The van der Waals surface area contributed by atoms with E-state index in [1.54, 1.807) is 0 Å². The lowest BCUT2D eigenvalue weighted by molar-refractivity contribution is 0.174. The first-order valence-electron chi connectivity index (χ1n) is 5.30. The Morgan fingerprint density at radius 1 is 1.50 bits per heavy atom. The van der Waals surface area contributed by atoms with E-state index in [0.29, 0.717) is 18.5 Å². The Morgan fingerprint density at radius 3 is 3.00 bits per heavy atom. The summed E-state index contributed by atoms with van der Waals surface area (Å²) in [5.41, 5.74) is 1.03. The maximum absolute atomic E-state index is 9.39. The molecule has 0 amide bonds. The number of aliphatic hydroxyl groups excluding tert-OH is 1. The van der Waals surface area contributed by atoms with Gasteiger partial charge in [-0.05, 0) is 26.2 Å². The molecule has 0 aromatic heterocycles. The molecule has 2 aliphatic heterocycles. The van der Waals surface area contributed by atoms with Gasteiger partial charge in [0.2, 0.25) is 0 Å². The van der Waals surface area contributed by atoms with Gasteiger partial charge in [-0.2, -0.15) is 0 Å². The molecule has 0 saturated carbocycles. The number of hydrogen-bond donors (Lipinski definition) is 2. The fraction of sp³-hybridized carbons (Fsp3) is 0.800. The summed E-state index contributed by atoms with van der Waals surface area (Å²) in [6.07, 6.45) is 2.04. The van der Waals surface area contributed by atoms with Crippen LogP contribution in [0.3, 0.4) is 0 Å². The highest BCUT2D eigenvalue weighted by Gasteiger charge is 2.28. The third-order valence-corrected chi connectivity index (χ3v) is 2.89. The van der Waals surface area contributed by atoms with Crippen molar-refractivity contribution in [1.29, 1.82) is 0 Å². The van der Waals surface area contributed by atoms with Crippen molar-refractivity contribution in [1.82, 2.24) is 5.32 Å². The monoisotopic (exact) mass is 195 g/mol. The average molecular weight is 195 g/mol. The zero-order chi connectivity index (χ0) is 10.1. The molecule has 2 N–H and O–H groups in total. The molecule has 0 unspecified atom stereocenters. The van der Waals surface area contributed by atoms with Crippen LogP contribution in [0.25, 0.3) is 0 Å². The van der Waals surface area contributed by atoms with Crippen LogP contribution >= 0.6 is 0 Å². The van der Waals surface area contributed by atoms with Crippen LogP contribution in [0.1, 0.15) is 33.1 Å². The maximum Gasteiger partial charge on any atom is 0.147 e. The van der Waals surface area contributed by atoms with Gasteiger partial charge in [-0.25, -0.2) is 4.99 Å². The Hall–Kier alpha value is -0.900. The predicted octanol–water partition coefficient (Wildman–Crippen LogP) is 0.708. The van der Waals surface area contributed by atoms with Gasteiger partial charge in [-0.1, -0.05) is 6.92 Å². The van der Waals surface area contributed by atoms with E-state index in [0.717, 1.165) is 24.4 Å². The molecule has 0 aromatic rings. The molecule has 0 aliphatic carbocycles. The van der Waals surface area contributed by atoms with Crippen molar-refractivity contribution in [3.63, 3.8) is 0 Å². The van der Waals surface area contributed by atoms with Gasteiger partial charge in [0.15, 0.2) is 0 Å². The minimum atomic E-state index is -0.539. The number of aliphatic hydroxyl groups is 1. The summed E-state index contributed by atoms with van der Waals surface area (Å²) in [6, 6.07) is 0.687. The van der Waals surface area contributed by atoms with E-state index in [-0.39, 0.29) is 0 Å². The smallest absolute Gasteiger partial charge is 0.147 e. The Labute approximate surface area is 84.1 Å². The lowest BCUT2D eigenvalue weighted by atomic mass is 10.0. The number of nitrogens with zero attached hydrogens (tertiary/aromatic N) is 2. The molecular weight excluding hydrogens is 178 g/mol. The van der Waals surface area contributed by atoms with Gasteiger partial charge in [0, 0.05) is 6.04 Å². The molecule has 2 rings (SSSR count). The van der Waals surface area contributed by atoms with Gasteiger partial charge < -0.3 is 10.4 Å². The van der Waals surface area contributed by atoms with Crippen LogP contribution in [0.4, 0.5) is 0 Å². The Kier molecular flexibility index (Phi) is 2.54. The van der Waals surface area contributed by atoms with Crippen molar-refractivity contribution in [3.8, 4) is 0 Å². The Bertz CT molecular complexity index is 285. The van der Waals surface area contributed by atoms with Crippen molar-refractivity contribution in [2.75, 3.05) is 0 Å². The van der Waals surface area contributed by atoms with E-state index in [4.69, 9.17) is 0 Å². The van der Waals surface area contributed by atoms with Crippen molar-refractivity contribution in [3.05, 3.63) is 0 Å². The van der Waals surface area contributed by atoms with Gasteiger partial charge in [0.25, 0.3) is 0 Å². The molecule has 0 spiro atoms. The third-order valence-electron chi connectivity index (χ3n) is 2.89. The lowest BCUT2D eigenvalue weighted by Gasteiger charge is -2.32. The van der Waals surface area contributed by atoms with Crippen LogP contribution in [0.15, 0.2) is 9.98 Å². The molecule has 4 heteroatoms. The zero-order valence-corrected chi connectivity index (χ0v) is 8.70. The number of hydrogen-bond acceptors (Lipinski definition) is 4. The summed E-state index contributed by atoms with van der Waals surface area (Å²) in [7, 11) is 0. The summed E-state index contributed by atoms with van der Waals surface area (Å²) in [6.45, 7) is 4.25. The van der Waals surface area contributed by atoms with Gasteiger partial charge in [-0.15, -0.1) is 0 Å². The van der Waals surface area contributed by atoms with Gasteiger partial charge >= 0.3 is 0 Å². The van der Waals surface area contributed by atoms with E-state index in [1.165, 1.54) is 0 Å². The second kappa shape index (κ2) is 3.69. The largest absolute Gasteiger partial charge is 0.372 e. The van der Waals surface area contributed by atoms with E-state index >= 15 is 0 Å². The minimum absolute atomic E-state index is 0.323. The van der Waals surface area contributed by atoms with Crippen LogP contribution in [0, 0.1) is 0 Å². The van der Waals surface area contributed by atoms with Crippen LogP contribution in [-0.4, -0.2) is 35.0 Å². The number of nitrogens with one attached hydrogen (secondary N) is 1. The summed E-state index contributed by atoms with van der Waals surface area (Å²) in [5, 5.41) is 12.7. The first kappa shape index (κ1) is 9.65. The Balaban J connectivity index is 2.23. The first-order chi connectivity index (χ1) is 6.70. The first-order valence-corrected chi connectivity index (χ1v) is 5.30. The standard InChI is InChI=1S/C10H17N3O/c1-3-7-6(2)11-8-4-5-9(14)13-10(8)12-7/h6-7,9,14H,3-5H2,1-2H3,(H,12,13)/t6-,7-,9-/m0/s1. The highest BCUT2D eigenvalue weighted by Crippen LogP contribution is 2.16. The topological polar surface area (TPSA) is 57.0 Å². The second-order valence-corrected chi connectivity index (χ2v) is 3.97. The molecule has 2 heterocycles. The van der Waals surface area contributed by atoms with Crippen molar-refractivity contribution in [2.24, 2.45) is 9.98 Å². The quantitative estimate of drug-likeness (QED) is 0.647. The molecule has 0 fully saturated rings. The van der Waals surface area contributed by atoms with Crippen molar-refractivity contribution in [2.45, 2.75) is 51.4 Å². The minimum Gasteiger partial charge on any atom is -0.372 e.